The number of nitrogens with one attached hydrogen (secondary N) is 2. The van der Waals surface area contributed by atoms with Gasteiger partial charge in [-0.05, 0) is 27.2 Å². The van der Waals surface area contributed by atoms with Crippen molar-refractivity contribution in [2.24, 2.45) is 0 Å². The number of carbonyl (C=O) groups is 1. The first kappa shape index (κ1) is 14.7. The molecule has 1 aliphatic rings. The number of hydrogen-bond acceptors (Lipinski definition) is 6. The predicted octanol–water partition coefficient (Wildman–Crippen LogP) is 0.815. The van der Waals surface area contributed by atoms with Crippen LogP contribution in [-0.2, 0) is 17.8 Å². The lowest BCUT2D eigenvalue weighted by molar-refractivity contribution is -0.118. The van der Waals surface area contributed by atoms with E-state index in [-0.39, 0.29) is 18.0 Å². The fourth-order valence-corrected chi connectivity index (χ4v) is 2.66. The normalized spacial score (nSPS) is 18.8. The average Bonchev–Trinajstić information content (AvgIpc) is 3.03. The van der Waals surface area contributed by atoms with Crippen molar-refractivity contribution in [3.8, 4) is 0 Å². The van der Waals surface area contributed by atoms with Gasteiger partial charge in [-0.25, -0.2) is 9.67 Å². The lowest BCUT2D eigenvalue weighted by Crippen LogP contribution is -2.47. The SMILES string of the molecule is Cc1nc2n(n1)C[C@@H](N[C@@H](C)C(=O)Nc1cc(C)on1)CC2. The highest BCUT2D eigenvalue weighted by Gasteiger charge is 2.24. The van der Waals surface area contributed by atoms with Gasteiger partial charge in [0.05, 0.1) is 12.6 Å². The molecule has 1 aliphatic heterocycles. The van der Waals surface area contributed by atoms with Crippen LogP contribution < -0.4 is 10.6 Å². The smallest absolute Gasteiger partial charge is 0.242 e. The molecule has 1 amide bonds. The number of aromatic nitrogens is 4. The second-order valence-corrected chi connectivity index (χ2v) is 5.69. The van der Waals surface area contributed by atoms with E-state index in [9.17, 15) is 4.79 Å². The summed E-state index contributed by atoms with van der Waals surface area (Å²) in [7, 11) is 0. The molecule has 22 heavy (non-hydrogen) atoms. The van der Waals surface area contributed by atoms with Gasteiger partial charge < -0.3 is 15.2 Å². The highest BCUT2D eigenvalue weighted by atomic mass is 16.5. The summed E-state index contributed by atoms with van der Waals surface area (Å²) in [5, 5.41) is 14.2. The van der Waals surface area contributed by atoms with Crippen LogP contribution in [0.15, 0.2) is 10.6 Å². The highest BCUT2D eigenvalue weighted by Crippen LogP contribution is 2.14. The Balaban J connectivity index is 1.55. The van der Waals surface area contributed by atoms with Gasteiger partial charge in [-0.2, -0.15) is 5.10 Å². The van der Waals surface area contributed by atoms with E-state index in [4.69, 9.17) is 4.52 Å². The van der Waals surface area contributed by atoms with Crippen molar-refractivity contribution in [2.45, 2.75) is 52.2 Å². The molecule has 0 unspecified atom stereocenters. The predicted molar refractivity (Wildman–Crippen MR) is 79.3 cm³/mol. The van der Waals surface area contributed by atoms with Gasteiger partial charge >= 0.3 is 0 Å². The molecule has 0 fully saturated rings. The first-order chi connectivity index (χ1) is 10.5. The number of carbonyl (C=O) groups excluding carboxylic acids is 1. The van der Waals surface area contributed by atoms with Gasteiger partial charge in [0, 0.05) is 18.5 Å². The molecule has 3 heterocycles. The van der Waals surface area contributed by atoms with Gasteiger partial charge in [-0.3, -0.25) is 4.79 Å². The van der Waals surface area contributed by atoms with E-state index in [0.717, 1.165) is 31.0 Å². The van der Waals surface area contributed by atoms with Crippen molar-refractivity contribution in [1.82, 2.24) is 25.2 Å². The van der Waals surface area contributed by atoms with E-state index in [2.05, 4.69) is 25.9 Å². The molecule has 3 rings (SSSR count). The largest absolute Gasteiger partial charge is 0.360 e. The second-order valence-electron chi connectivity index (χ2n) is 5.69. The summed E-state index contributed by atoms with van der Waals surface area (Å²) in [5.41, 5.74) is 0. The Bertz CT molecular complexity index is 677. The molecule has 0 aromatic carbocycles. The molecule has 2 atom stereocenters. The van der Waals surface area contributed by atoms with Crippen LogP contribution in [0, 0.1) is 13.8 Å². The van der Waals surface area contributed by atoms with Crippen LogP contribution in [0.2, 0.25) is 0 Å². The first-order valence-corrected chi connectivity index (χ1v) is 7.42. The molecule has 2 aromatic rings. The fourth-order valence-electron chi connectivity index (χ4n) is 2.66. The molecule has 2 N–H and O–H groups in total. The number of aryl methyl sites for hydroxylation is 3. The summed E-state index contributed by atoms with van der Waals surface area (Å²) < 4.78 is 6.85. The zero-order chi connectivity index (χ0) is 15.7. The van der Waals surface area contributed by atoms with Gasteiger partial charge in [0.1, 0.15) is 17.4 Å². The lowest BCUT2D eigenvalue weighted by atomic mass is 10.1. The van der Waals surface area contributed by atoms with E-state index >= 15 is 0 Å². The Labute approximate surface area is 128 Å². The van der Waals surface area contributed by atoms with Crippen molar-refractivity contribution in [2.75, 3.05) is 5.32 Å². The number of anilines is 1. The molecule has 118 valence electrons. The molecule has 8 heteroatoms. The molecular weight excluding hydrogens is 284 g/mol. The zero-order valence-corrected chi connectivity index (χ0v) is 13.0. The summed E-state index contributed by atoms with van der Waals surface area (Å²) in [6.07, 6.45) is 1.81. The van der Waals surface area contributed by atoms with Gasteiger partial charge in [0.25, 0.3) is 0 Å². The van der Waals surface area contributed by atoms with Crippen LogP contribution >= 0.6 is 0 Å². The van der Waals surface area contributed by atoms with E-state index in [0.29, 0.717) is 11.6 Å². The minimum Gasteiger partial charge on any atom is -0.360 e. The summed E-state index contributed by atoms with van der Waals surface area (Å²) >= 11 is 0. The number of amides is 1. The lowest BCUT2D eigenvalue weighted by Gasteiger charge is -2.26. The average molecular weight is 304 g/mol. The van der Waals surface area contributed by atoms with E-state index in [1.807, 2.05) is 18.5 Å². The summed E-state index contributed by atoms with van der Waals surface area (Å²) in [5.74, 6) is 2.79. The monoisotopic (exact) mass is 304 g/mol. The van der Waals surface area contributed by atoms with Gasteiger partial charge in [0.15, 0.2) is 5.82 Å². The van der Waals surface area contributed by atoms with Crippen LogP contribution in [0.5, 0.6) is 0 Å². The van der Waals surface area contributed by atoms with Crippen molar-refractivity contribution in [3.05, 3.63) is 23.5 Å². The zero-order valence-electron chi connectivity index (χ0n) is 13.0. The maximum Gasteiger partial charge on any atom is 0.242 e. The summed E-state index contributed by atoms with van der Waals surface area (Å²) in [6, 6.07) is 1.57. The Hall–Kier alpha value is -2.22. The van der Waals surface area contributed by atoms with Crippen molar-refractivity contribution >= 4 is 11.7 Å². The van der Waals surface area contributed by atoms with Gasteiger partial charge in [0.2, 0.25) is 5.91 Å². The molecule has 8 nitrogen and oxygen atoms in total. The third-order valence-electron chi connectivity index (χ3n) is 3.72. The number of nitrogens with zero attached hydrogens (tertiary/aromatic N) is 4. The quantitative estimate of drug-likeness (QED) is 0.867. The highest BCUT2D eigenvalue weighted by molar-refractivity contribution is 5.93. The molecule has 0 aliphatic carbocycles. The third kappa shape index (κ3) is 3.16. The molecule has 0 spiro atoms. The summed E-state index contributed by atoms with van der Waals surface area (Å²) in [6.45, 7) is 6.25. The maximum absolute atomic E-state index is 12.2. The van der Waals surface area contributed by atoms with Crippen LogP contribution in [-0.4, -0.2) is 37.9 Å². The van der Waals surface area contributed by atoms with Crippen LogP contribution in [0.1, 0.15) is 30.8 Å². The van der Waals surface area contributed by atoms with Crippen LogP contribution in [0.4, 0.5) is 5.82 Å². The van der Waals surface area contributed by atoms with Gasteiger partial charge in [-0.15, -0.1) is 0 Å². The summed E-state index contributed by atoms with van der Waals surface area (Å²) in [4.78, 5) is 16.5. The molecule has 0 bridgehead atoms. The van der Waals surface area contributed by atoms with Crippen molar-refractivity contribution < 1.29 is 9.32 Å². The molecular formula is C14H20N6O2. The standard InChI is InChI=1S/C14H20N6O2/c1-8-6-12(19-22-8)17-14(21)9(2)15-11-4-5-13-16-10(3)18-20(13)7-11/h6,9,11,15H,4-5,7H2,1-3H3,(H,17,19,21)/t9-,11-/m0/s1. The number of rotatable bonds is 4. The third-order valence-corrected chi connectivity index (χ3v) is 3.72. The minimum atomic E-state index is -0.326. The second kappa shape index (κ2) is 5.88. The molecule has 0 radical (unpaired) electrons. The van der Waals surface area contributed by atoms with Crippen molar-refractivity contribution in [1.29, 1.82) is 0 Å². The van der Waals surface area contributed by atoms with E-state index in [1.165, 1.54) is 0 Å². The Morgan fingerprint density at radius 1 is 1.50 bits per heavy atom. The minimum absolute atomic E-state index is 0.131. The molecule has 2 aromatic heterocycles. The first-order valence-electron chi connectivity index (χ1n) is 7.42. The topological polar surface area (TPSA) is 97.9 Å². The van der Waals surface area contributed by atoms with Gasteiger partial charge in [-0.1, -0.05) is 5.16 Å². The Morgan fingerprint density at radius 2 is 2.32 bits per heavy atom. The van der Waals surface area contributed by atoms with Crippen molar-refractivity contribution in [3.63, 3.8) is 0 Å². The van der Waals surface area contributed by atoms with Crippen LogP contribution in [0.25, 0.3) is 0 Å². The number of hydrogen-bond donors (Lipinski definition) is 2. The van der Waals surface area contributed by atoms with E-state index < -0.39 is 0 Å². The maximum atomic E-state index is 12.2. The fraction of sp³-hybridized carbons (Fsp3) is 0.571. The Kier molecular flexibility index (Phi) is 3.93. The molecule has 0 saturated heterocycles. The number of fused-ring (bicyclic) bond motifs is 1. The Morgan fingerprint density at radius 3 is 3.05 bits per heavy atom. The van der Waals surface area contributed by atoms with E-state index in [1.54, 1.807) is 13.0 Å². The molecule has 0 saturated carbocycles. The van der Waals surface area contributed by atoms with Crippen LogP contribution in [0.3, 0.4) is 0 Å².